The van der Waals surface area contributed by atoms with Crippen LogP contribution in [0.1, 0.15) is 12.6 Å². The van der Waals surface area contributed by atoms with E-state index in [1.165, 1.54) is 0 Å². The minimum Gasteiger partial charge on any atom is -0.308 e. The van der Waals surface area contributed by atoms with E-state index in [9.17, 15) is 13.2 Å². The molecule has 0 bridgehead atoms. The number of halogens is 4. The lowest BCUT2D eigenvalue weighted by atomic mass is 10.1. The van der Waals surface area contributed by atoms with Gasteiger partial charge in [0.1, 0.15) is 0 Å². The molecule has 6 heteroatoms. The van der Waals surface area contributed by atoms with Crippen LogP contribution < -0.4 is 5.32 Å². The molecule has 0 radical (unpaired) electrons. The van der Waals surface area contributed by atoms with E-state index in [4.69, 9.17) is 0 Å². The average Bonchev–Trinajstić information content (AvgIpc) is 2.19. The van der Waals surface area contributed by atoms with Crippen molar-refractivity contribution >= 4 is 15.9 Å². The summed E-state index contributed by atoms with van der Waals surface area (Å²) in [7, 11) is 0. The highest BCUT2D eigenvalue weighted by atomic mass is 79.9. The first-order valence-electron chi connectivity index (χ1n) is 5.25. The molecule has 0 amide bonds. The fourth-order valence-corrected chi connectivity index (χ4v) is 1.65. The van der Waals surface area contributed by atoms with Gasteiger partial charge in [-0.1, -0.05) is 6.92 Å². The Hall–Kier alpha value is -0.620. The van der Waals surface area contributed by atoms with Gasteiger partial charge in [-0.05, 0) is 46.9 Å². The lowest BCUT2D eigenvalue weighted by Crippen LogP contribution is -2.32. The molecule has 96 valence electrons. The molecule has 0 aromatic carbocycles. The van der Waals surface area contributed by atoms with Crippen molar-refractivity contribution < 1.29 is 13.2 Å². The lowest BCUT2D eigenvalue weighted by Gasteiger charge is -2.13. The number of alkyl halides is 3. The van der Waals surface area contributed by atoms with Gasteiger partial charge in [0, 0.05) is 16.4 Å². The zero-order chi connectivity index (χ0) is 12.9. The summed E-state index contributed by atoms with van der Waals surface area (Å²) in [5.74, 6) is 0.117. The molecular formula is C11H14BrF3N2. The van der Waals surface area contributed by atoms with Crippen molar-refractivity contribution in [3.63, 3.8) is 0 Å². The first-order valence-corrected chi connectivity index (χ1v) is 6.04. The highest BCUT2D eigenvalue weighted by Crippen LogP contribution is 2.13. The summed E-state index contributed by atoms with van der Waals surface area (Å²) in [5.41, 5.74) is 0.884. The Morgan fingerprint density at radius 1 is 1.41 bits per heavy atom. The quantitative estimate of drug-likeness (QED) is 0.903. The van der Waals surface area contributed by atoms with E-state index in [1.54, 1.807) is 6.20 Å². The molecule has 1 atom stereocenters. The maximum absolute atomic E-state index is 11.9. The molecule has 0 spiro atoms. The Morgan fingerprint density at radius 2 is 2.12 bits per heavy atom. The van der Waals surface area contributed by atoms with Gasteiger partial charge in [0.05, 0.1) is 6.54 Å². The summed E-state index contributed by atoms with van der Waals surface area (Å²) in [6.07, 6.45) is -1.79. The number of hydrogen-bond acceptors (Lipinski definition) is 2. The smallest absolute Gasteiger partial charge is 0.308 e. The molecule has 0 aliphatic carbocycles. The summed E-state index contributed by atoms with van der Waals surface area (Å²) in [5, 5.41) is 2.39. The third-order valence-corrected chi connectivity index (χ3v) is 2.63. The summed E-state index contributed by atoms with van der Waals surface area (Å²) in [6.45, 7) is 1.29. The highest BCUT2D eigenvalue weighted by molar-refractivity contribution is 9.10. The van der Waals surface area contributed by atoms with Gasteiger partial charge >= 0.3 is 6.18 Å². The van der Waals surface area contributed by atoms with Crippen LogP contribution >= 0.6 is 15.9 Å². The zero-order valence-electron chi connectivity index (χ0n) is 9.39. The second kappa shape index (κ2) is 6.35. The molecule has 2 nitrogen and oxygen atoms in total. The molecule has 1 N–H and O–H groups in total. The Balaban J connectivity index is 2.30. The SMILES string of the molecule is CC(CNCC(F)(F)F)Cc1ccc(Br)cn1. The van der Waals surface area contributed by atoms with Crippen molar-refractivity contribution in [3.05, 3.63) is 28.5 Å². The van der Waals surface area contributed by atoms with Gasteiger partial charge in [-0.2, -0.15) is 13.2 Å². The van der Waals surface area contributed by atoms with E-state index in [0.29, 0.717) is 13.0 Å². The van der Waals surface area contributed by atoms with E-state index in [1.807, 2.05) is 19.1 Å². The summed E-state index contributed by atoms with van der Waals surface area (Å²) >= 11 is 3.28. The van der Waals surface area contributed by atoms with Crippen molar-refractivity contribution in [2.75, 3.05) is 13.1 Å². The Kier molecular flexibility index (Phi) is 5.39. The van der Waals surface area contributed by atoms with E-state index >= 15 is 0 Å². The van der Waals surface area contributed by atoms with Crippen molar-refractivity contribution in [1.82, 2.24) is 10.3 Å². The van der Waals surface area contributed by atoms with Gasteiger partial charge < -0.3 is 5.32 Å². The maximum Gasteiger partial charge on any atom is 0.401 e. The number of pyridine rings is 1. The van der Waals surface area contributed by atoms with E-state index in [2.05, 4.69) is 26.2 Å². The molecule has 1 unspecified atom stereocenters. The van der Waals surface area contributed by atoms with Gasteiger partial charge in [-0.3, -0.25) is 4.98 Å². The van der Waals surface area contributed by atoms with Crippen molar-refractivity contribution in [2.24, 2.45) is 5.92 Å². The molecule has 0 saturated heterocycles. The number of aromatic nitrogens is 1. The molecule has 1 aromatic rings. The van der Waals surface area contributed by atoms with Crippen LogP contribution in [0, 0.1) is 5.92 Å². The summed E-state index contributed by atoms with van der Waals surface area (Å²) in [4.78, 5) is 4.18. The fourth-order valence-electron chi connectivity index (χ4n) is 1.42. The Morgan fingerprint density at radius 3 is 2.65 bits per heavy atom. The fraction of sp³-hybridized carbons (Fsp3) is 0.545. The van der Waals surface area contributed by atoms with Crippen LogP contribution in [0.5, 0.6) is 0 Å². The van der Waals surface area contributed by atoms with Gasteiger partial charge in [0.2, 0.25) is 0 Å². The predicted octanol–water partition coefficient (Wildman–Crippen LogP) is 3.17. The van der Waals surface area contributed by atoms with E-state index < -0.39 is 12.7 Å². The lowest BCUT2D eigenvalue weighted by molar-refractivity contribution is -0.125. The van der Waals surface area contributed by atoms with Crippen molar-refractivity contribution in [2.45, 2.75) is 19.5 Å². The molecule has 1 heterocycles. The Bertz CT molecular complexity index is 338. The van der Waals surface area contributed by atoms with Crippen LogP contribution in [-0.4, -0.2) is 24.2 Å². The van der Waals surface area contributed by atoms with Crippen LogP contribution in [0.2, 0.25) is 0 Å². The third-order valence-electron chi connectivity index (χ3n) is 2.16. The summed E-state index contributed by atoms with van der Waals surface area (Å²) < 4.78 is 36.6. The zero-order valence-corrected chi connectivity index (χ0v) is 11.0. The van der Waals surface area contributed by atoms with Crippen LogP contribution in [-0.2, 0) is 6.42 Å². The van der Waals surface area contributed by atoms with E-state index in [-0.39, 0.29) is 5.92 Å². The molecule has 0 aliphatic heterocycles. The minimum absolute atomic E-state index is 0.117. The molecule has 0 aliphatic rings. The molecule has 0 fully saturated rings. The van der Waals surface area contributed by atoms with Crippen LogP contribution in [0.4, 0.5) is 13.2 Å². The van der Waals surface area contributed by atoms with Crippen LogP contribution in [0.15, 0.2) is 22.8 Å². The average molecular weight is 311 g/mol. The van der Waals surface area contributed by atoms with Gasteiger partial charge in [0.15, 0.2) is 0 Å². The van der Waals surface area contributed by atoms with Gasteiger partial charge in [-0.25, -0.2) is 0 Å². The third kappa shape index (κ3) is 6.63. The molecule has 0 saturated carbocycles. The highest BCUT2D eigenvalue weighted by Gasteiger charge is 2.26. The molecule has 1 aromatic heterocycles. The molecule has 1 rings (SSSR count). The van der Waals surface area contributed by atoms with Crippen LogP contribution in [0.25, 0.3) is 0 Å². The van der Waals surface area contributed by atoms with Gasteiger partial charge in [-0.15, -0.1) is 0 Å². The largest absolute Gasteiger partial charge is 0.401 e. The van der Waals surface area contributed by atoms with Crippen molar-refractivity contribution in [1.29, 1.82) is 0 Å². The van der Waals surface area contributed by atoms with Crippen molar-refractivity contribution in [3.8, 4) is 0 Å². The first kappa shape index (κ1) is 14.4. The summed E-state index contributed by atoms with van der Waals surface area (Å²) in [6, 6.07) is 3.74. The molecular weight excluding hydrogens is 297 g/mol. The Labute approximate surface area is 107 Å². The second-order valence-electron chi connectivity index (χ2n) is 4.02. The van der Waals surface area contributed by atoms with E-state index in [0.717, 1.165) is 10.2 Å². The minimum atomic E-state index is -4.14. The predicted molar refractivity (Wildman–Crippen MR) is 63.7 cm³/mol. The first-order chi connectivity index (χ1) is 7.87. The maximum atomic E-state index is 11.9. The number of nitrogens with one attached hydrogen (secondary N) is 1. The number of nitrogens with zero attached hydrogens (tertiary/aromatic N) is 1. The number of rotatable bonds is 5. The standard InChI is InChI=1S/C11H14BrF3N2/c1-8(5-16-7-11(13,14)15)4-10-3-2-9(12)6-17-10/h2-3,6,8,16H,4-5,7H2,1H3. The normalized spacial score (nSPS) is 13.7. The van der Waals surface area contributed by atoms with Gasteiger partial charge in [0.25, 0.3) is 0 Å². The number of hydrogen-bond donors (Lipinski definition) is 1. The van der Waals surface area contributed by atoms with Crippen LogP contribution in [0.3, 0.4) is 0 Å². The monoisotopic (exact) mass is 310 g/mol. The molecule has 17 heavy (non-hydrogen) atoms. The second-order valence-corrected chi connectivity index (χ2v) is 4.94. The topological polar surface area (TPSA) is 24.9 Å².